The summed E-state index contributed by atoms with van der Waals surface area (Å²) in [5.41, 5.74) is 3.45. The van der Waals surface area contributed by atoms with Crippen LogP contribution >= 0.6 is 0 Å². The van der Waals surface area contributed by atoms with Gasteiger partial charge in [0.15, 0.2) is 0 Å². The van der Waals surface area contributed by atoms with Crippen molar-refractivity contribution in [2.45, 2.75) is 38.1 Å². The van der Waals surface area contributed by atoms with Crippen molar-refractivity contribution in [3.05, 3.63) is 41.3 Å². The summed E-state index contributed by atoms with van der Waals surface area (Å²) in [6, 6.07) is 6.01. The maximum atomic E-state index is 12.5. The second-order valence-electron chi connectivity index (χ2n) is 9.81. The number of carbonyl (C=O) groups excluding carboxylic acids is 1. The number of aromatic amines is 1. The molecule has 0 spiro atoms. The van der Waals surface area contributed by atoms with Crippen LogP contribution in [0.4, 0.5) is 11.8 Å². The van der Waals surface area contributed by atoms with E-state index in [1.165, 1.54) is 18.4 Å². The molecule has 1 aliphatic carbocycles. The average molecular weight is 463 g/mol. The molecular formula is C25H34N8O. The van der Waals surface area contributed by atoms with Crippen molar-refractivity contribution < 1.29 is 4.79 Å². The van der Waals surface area contributed by atoms with Crippen LogP contribution in [-0.2, 0) is 6.54 Å². The van der Waals surface area contributed by atoms with Crippen LogP contribution in [0.1, 0.15) is 53.3 Å². The van der Waals surface area contributed by atoms with Crippen molar-refractivity contribution in [1.29, 1.82) is 0 Å². The molecule has 34 heavy (non-hydrogen) atoms. The van der Waals surface area contributed by atoms with Gasteiger partial charge in [-0.3, -0.25) is 9.69 Å². The molecule has 2 aliphatic rings. The van der Waals surface area contributed by atoms with Crippen molar-refractivity contribution in [1.82, 2.24) is 34.6 Å². The lowest BCUT2D eigenvalue weighted by Crippen LogP contribution is -2.43. The summed E-state index contributed by atoms with van der Waals surface area (Å²) >= 11 is 0. The van der Waals surface area contributed by atoms with Crippen LogP contribution in [0.25, 0.3) is 11.0 Å². The third-order valence-electron chi connectivity index (χ3n) is 6.96. The summed E-state index contributed by atoms with van der Waals surface area (Å²) in [6.45, 7) is 5.31. The van der Waals surface area contributed by atoms with Gasteiger partial charge in [-0.25, -0.2) is 9.97 Å². The number of carbonyl (C=O) groups is 1. The lowest BCUT2D eigenvalue weighted by Gasteiger charge is -2.32. The molecule has 180 valence electrons. The first-order valence-electron chi connectivity index (χ1n) is 12.2. The predicted molar refractivity (Wildman–Crippen MR) is 133 cm³/mol. The lowest BCUT2D eigenvalue weighted by molar-refractivity contribution is 0.0823. The number of rotatable bonds is 6. The molecule has 2 fully saturated rings. The number of H-pyrrole nitrogens is 1. The number of nitrogens with zero attached hydrogens (tertiary/aromatic N) is 6. The van der Waals surface area contributed by atoms with Gasteiger partial charge in [0.25, 0.3) is 5.91 Å². The van der Waals surface area contributed by atoms with Crippen molar-refractivity contribution in [3.8, 4) is 0 Å². The lowest BCUT2D eigenvalue weighted by atomic mass is 10.0. The minimum Gasteiger partial charge on any atom is -0.344 e. The van der Waals surface area contributed by atoms with Crippen LogP contribution < -0.4 is 5.32 Å². The SMILES string of the molecule is CN1CCN(Cc2ccc(Nc3nc(C4CCCC4)c4cc(C(=O)N(C)C)[nH]c4n3)nc2)CC1. The standard InChI is InChI=1S/C25H34N8O/c1-31(2)24(34)20-14-19-22(18-6-4-5-7-18)29-25(30-23(19)27-20)28-21-9-8-17(15-26-21)16-33-12-10-32(3)11-13-33/h8-9,14-15,18H,4-7,10-13,16H2,1-3H3,(H2,26,27,28,29,30). The van der Waals surface area contributed by atoms with Gasteiger partial charge >= 0.3 is 0 Å². The first-order valence-corrected chi connectivity index (χ1v) is 12.2. The number of hydrogen-bond donors (Lipinski definition) is 2. The van der Waals surface area contributed by atoms with Gasteiger partial charge in [-0.2, -0.15) is 4.98 Å². The fraction of sp³-hybridized carbons (Fsp3) is 0.520. The Morgan fingerprint density at radius 3 is 2.59 bits per heavy atom. The molecular weight excluding hydrogens is 428 g/mol. The van der Waals surface area contributed by atoms with Crippen molar-refractivity contribution in [2.24, 2.45) is 0 Å². The van der Waals surface area contributed by atoms with Gasteiger partial charge in [0.05, 0.1) is 5.69 Å². The van der Waals surface area contributed by atoms with E-state index in [0.29, 0.717) is 23.2 Å². The smallest absolute Gasteiger partial charge is 0.269 e. The molecule has 1 aliphatic heterocycles. The van der Waals surface area contributed by atoms with Gasteiger partial charge in [0.2, 0.25) is 5.95 Å². The monoisotopic (exact) mass is 462 g/mol. The summed E-state index contributed by atoms with van der Waals surface area (Å²) in [6.07, 6.45) is 6.59. The van der Waals surface area contributed by atoms with Gasteiger partial charge < -0.3 is 20.1 Å². The molecule has 5 rings (SSSR count). The molecule has 1 saturated carbocycles. The Hall–Kier alpha value is -3.04. The predicted octanol–water partition coefficient (Wildman–Crippen LogP) is 3.20. The normalized spacial score (nSPS) is 18.0. The minimum atomic E-state index is -0.0671. The van der Waals surface area contributed by atoms with E-state index in [4.69, 9.17) is 4.98 Å². The van der Waals surface area contributed by atoms with Crippen molar-refractivity contribution in [2.75, 3.05) is 52.6 Å². The van der Waals surface area contributed by atoms with Crippen LogP contribution in [0, 0.1) is 0 Å². The zero-order valence-electron chi connectivity index (χ0n) is 20.3. The molecule has 9 nitrogen and oxygen atoms in total. The van der Waals surface area contributed by atoms with E-state index in [9.17, 15) is 4.79 Å². The molecule has 9 heteroatoms. The molecule has 0 unspecified atom stereocenters. The highest BCUT2D eigenvalue weighted by molar-refractivity contribution is 5.97. The summed E-state index contributed by atoms with van der Waals surface area (Å²) < 4.78 is 0. The maximum Gasteiger partial charge on any atom is 0.269 e. The van der Waals surface area contributed by atoms with Crippen LogP contribution in [0.15, 0.2) is 24.4 Å². The third kappa shape index (κ3) is 4.90. The van der Waals surface area contributed by atoms with Gasteiger partial charge in [-0.1, -0.05) is 18.9 Å². The Kier molecular flexibility index (Phi) is 6.47. The summed E-state index contributed by atoms with van der Waals surface area (Å²) in [5.74, 6) is 1.56. The second kappa shape index (κ2) is 9.68. The molecule has 1 saturated heterocycles. The number of anilines is 2. The number of amides is 1. The molecule has 2 N–H and O–H groups in total. The summed E-state index contributed by atoms with van der Waals surface area (Å²) in [7, 11) is 5.68. The number of fused-ring (bicyclic) bond motifs is 1. The fourth-order valence-electron chi connectivity index (χ4n) is 4.93. The number of nitrogens with one attached hydrogen (secondary N) is 2. The van der Waals surface area contributed by atoms with Gasteiger partial charge in [0.1, 0.15) is 17.2 Å². The zero-order chi connectivity index (χ0) is 23.7. The van der Waals surface area contributed by atoms with E-state index in [-0.39, 0.29) is 5.91 Å². The van der Waals surface area contributed by atoms with E-state index >= 15 is 0 Å². The molecule has 1 amide bonds. The number of hydrogen-bond acceptors (Lipinski definition) is 7. The highest BCUT2D eigenvalue weighted by Crippen LogP contribution is 2.37. The van der Waals surface area contributed by atoms with E-state index < -0.39 is 0 Å². The van der Waals surface area contributed by atoms with Crippen LogP contribution in [0.5, 0.6) is 0 Å². The van der Waals surface area contributed by atoms with E-state index in [0.717, 1.165) is 62.5 Å². The van der Waals surface area contributed by atoms with Crippen LogP contribution in [0.2, 0.25) is 0 Å². The third-order valence-corrected chi connectivity index (χ3v) is 6.96. The minimum absolute atomic E-state index is 0.0671. The van der Waals surface area contributed by atoms with Crippen LogP contribution in [-0.4, -0.2) is 87.9 Å². The Morgan fingerprint density at radius 1 is 1.15 bits per heavy atom. The zero-order valence-corrected chi connectivity index (χ0v) is 20.3. The fourth-order valence-corrected chi connectivity index (χ4v) is 4.93. The Morgan fingerprint density at radius 2 is 1.91 bits per heavy atom. The molecule has 4 heterocycles. The van der Waals surface area contributed by atoms with E-state index in [1.54, 1.807) is 19.0 Å². The second-order valence-corrected chi connectivity index (χ2v) is 9.81. The summed E-state index contributed by atoms with van der Waals surface area (Å²) in [5, 5.41) is 4.23. The topological polar surface area (TPSA) is 93.3 Å². The number of pyridine rings is 1. The first-order chi connectivity index (χ1) is 16.5. The van der Waals surface area contributed by atoms with Gasteiger partial charge in [-0.15, -0.1) is 0 Å². The van der Waals surface area contributed by atoms with Crippen molar-refractivity contribution >= 4 is 28.7 Å². The Balaban J connectivity index is 1.37. The number of aromatic nitrogens is 4. The summed E-state index contributed by atoms with van der Waals surface area (Å²) in [4.78, 5) is 36.3. The van der Waals surface area contributed by atoms with Crippen molar-refractivity contribution in [3.63, 3.8) is 0 Å². The van der Waals surface area contributed by atoms with E-state index in [1.807, 2.05) is 18.3 Å². The quantitative estimate of drug-likeness (QED) is 0.581. The number of piperazine rings is 1. The molecule has 0 bridgehead atoms. The van der Waals surface area contributed by atoms with E-state index in [2.05, 4.69) is 43.2 Å². The first kappa shape index (κ1) is 22.7. The highest BCUT2D eigenvalue weighted by Gasteiger charge is 2.24. The van der Waals surface area contributed by atoms with Gasteiger partial charge in [0, 0.05) is 64.3 Å². The molecule has 0 radical (unpaired) electrons. The average Bonchev–Trinajstić information content (AvgIpc) is 3.51. The Labute approximate surface area is 200 Å². The molecule has 3 aromatic heterocycles. The largest absolute Gasteiger partial charge is 0.344 e. The van der Waals surface area contributed by atoms with Crippen LogP contribution in [0.3, 0.4) is 0 Å². The highest BCUT2D eigenvalue weighted by atomic mass is 16.2. The Bertz CT molecular complexity index is 1140. The molecule has 0 aromatic carbocycles. The molecule has 3 aromatic rings. The number of likely N-dealkylation sites (N-methyl/N-ethyl adjacent to an activating group) is 1. The van der Waals surface area contributed by atoms with Gasteiger partial charge in [-0.05, 0) is 37.6 Å². The molecule has 0 atom stereocenters. The maximum absolute atomic E-state index is 12.5.